The molecule has 0 unspecified atom stereocenters. The maximum absolute atomic E-state index is 9.29. The number of aryl methyl sites for hydroxylation is 1. The molecule has 1 aromatic heterocycles. The zero-order valence-electron chi connectivity index (χ0n) is 9.46. The van der Waals surface area contributed by atoms with Gasteiger partial charge in [-0.3, -0.25) is 0 Å². The number of aromatic nitrogens is 2. The molecule has 0 atom stereocenters. The van der Waals surface area contributed by atoms with Gasteiger partial charge in [-0.1, -0.05) is 18.2 Å². The number of para-hydroxylation sites is 1. The average molecular weight is 224 g/mol. The third kappa shape index (κ3) is 1.56. The first kappa shape index (κ1) is 9.90. The molecule has 0 radical (unpaired) electrons. The summed E-state index contributed by atoms with van der Waals surface area (Å²) in [5, 5.41) is 15.0. The molecule has 2 aromatic carbocycles. The van der Waals surface area contributed by atoms with Crippen molar-refractivity contribution in [1.29, 1.82) is 0 Å². The standard InChI is InChI=1S/C14H12N2O/c1-10-13-4-2-3-5-14(13)16(15-10)11-6-8-12(17)9-7-11/h2-9,17H,1H3. The number of benzene rings is 2. The van der Waals surface area contributed by atoms with Crippen LogP contribution in [-0.4, -0.2) is 14.9 Å². The average Bonchev–Trinajstić information content (AvgIpc) is 2.69. The first-order chi connectivity index (χ1) is 8.25. The quantitative estimate of drug-likeness (QED) is 0.690. The van der Waals surface area contributed by atoms with Crippen molar-refractivity contribution >= 4 is 10.9 Å². The smallest absolute Gasteiger partial charge is 0.115 e. The van der Waals surface area contributed by atoms with Crippen LogP contribution in [0.15, 0.2) is 48.5 Å². The van der Waals surface area contributed by atoms with E-state index in [4.69, 9.17) is 0 Å². The van der Waals surface area contributed by atoms with Gasteiger partial charge in [0.2, 0.25) is 0 Å². The molecule has 0 aliphatic carbocycles. The lowest BCUT2D eigenvalue weighted by atomic mass is 10.2. The zero-order valence-corrected chi connectivity index (χ0v) is 9.46. The summed E-state index contributed by atoms with van der Waals surface area (Å²) in [5.74, 6) is 0.266. The first-order valence-electron chi connectivity index (χ1n) is 5.49. The van der Waals surface area contributed by atoms with Crippen LogP contribution in [0, 0.1) is 6.92 Å². The lowest BCUT2D eigenvalue weighted by Crippen LogP contribution is -1.95. The fourth-order valence-corrected chi connectivity index (χ4v) is 2.01. The van der Waals surface area contributed by atoms with Crippen LogP contribution in [0.2, 0.25) is 0 Å². The van der Waals surface area contributed by atoms with Crippen LogP contribution in [0.4, 0.5) is 0 Å². The molecule has 0 saturated heterocycles. The van der Waals surface area contributed by atoms with Crippen LogP contribution < -0.4 is 0 Å². The minimum Gasteiger partial charge on any atom is -0.508 e. The number of aromatic hydroxyl groups is 1. The maximum atomic E-state index is 9.29. The molecule has 84 valence electrons. The lowest BCUT2D eigenvalue weighted by molar-refractivity contribution is 0.475. The van der Waals surface area contributed by atoms with Gasteiger partial charge >= 0.3 is 0 Å². The van der Waals surface area contributed by atoms with Gasteiger partial charge < -0.3 is 5.11 Å². The zero-order chi connectivity index (χ0) is 11.8. The topological polar surface area (TPSA) is 38.0 Å². The number of hydrogen-bond donors (Lipinski definition) is 1. The number of hydrogen-bond acceptors (Lipinski definition) is 2. The summed E-state index contributed by atoms with van der Waals surface area (Å²) in [7, 11) is 0. The van der Waals surface area contributed by atoms with Gasteiger partial charge in [0.05, 0.1) is 16.9 Å². The highest BCUT2D eigenvalue weighted by Gasteiger charge is 2.07. The SMILES string of the molecule is Cc1nn(-c2ccc(O)cc2)c2ccccc12. The molecule has 0 aliphatic heterocycles. The van der Waals surface area contributed by atoms with E-state index in [1.807, 2.05) is 41.9 Å². The van der Waals surface area contributed by atoms with E-state index >= 15 is 0 Å². The van der Waals surface area contributed by atoms with Crippen molar-refractivity contribution in [3.8, 4) is 11.4 Å². The van der Waals surface area contributed by atoms with E-state index < -0.39 is 0 Å². The number of fused-ring (bicyclic) bond motifs is 1. The summed E-state index contributed by atoms with van der Waals surface area (Å²) >= 11 is 0. The van der Waals surface area contributed by atoms with Crippen LogP contribution in [0.1, 0.15) is 5.69 Å². The predicted molar refractivity (Wildman–Crippen MR) is 67.5 cm³/mol. The fraction of sp³-hybridized carbons (Fsp3) is 0.0714. The van der Waals surface area contributed by atoms with Gasteiger partial charge in [-0.05, 0) is 37.3 Å². The Kier molecular flexibility index (Phi) is 2.11. The second-order valence-corrected chi connectivity index (χ2v) is 4.03. The van der Waals surface area contributed by atoms with Gasteiger partial charge in [0.1, 0.15) is 5.75 Å². The largest absolute Gasteiger partial charge is 0.508 e. The van der Waals surface area contributed by atoms with E-state index in [1.165, 1.54) is 0 Å². The molecule has 0 aliphatic rings. The molecule has 17 heavy (non-hydrogen) atoms. The molecule has 0 saturated carbocycles. The molecule has 3 heteroatoms. The Morgan fingerprint density at radius 1 is 1.00 bits per heavy atom. The van der Waals surface area contributed by atoms with Crippen LogP contribution >= 0.6 is 0 Å². The summed E-state index contributed by atoms with van der Waals surface area (Å²) in [4.78, 5) is 0. The van der Waals surface area contributed by atoms with Crippen molar-refractivity contribution in [3.05, 3.63) is 54.2 Å². The van der Waals surface area contributed by atoms with Gasteiger partial charge in [-0.15, -0.1) is 0 Å². The molecule has 3 rings (SSSR count). The Bertz CT molecular complexity index is 668. The Morgan fingerprint density at radius 2 is 1.71 bits per heavy atom. The summed E-state index contributed by atoms with van der Waals surface area (Å²) in [6, 6.07) is 15.2. The van der Waals surface area contributed by atoms with Crippen molar-refractivity contribution in [2.24, 2.45) is 0 Å². The van der Waals surface area contributed by atoms with Crippen LogP contribution in [-0.2, 0) is 0 Å². The van der Waals surface area contributed by atoms with Crippen molar-refractivity contribution in [2.45, 2.75) is 6.92 Å². The van der Waals surface area contributed by atoms with E-state index in [2.05, 4.69) is 11.2 Å². The highest BCUT2D eigenvalue weighted by atomic mass is 16.3. The van der Waals surface area contributed by atoms with Gasteiger partial charge in [0, 0.05) is 5.39 Å². The summed E-state index contributed by atoms with van der Waals surface area (Å²) in [5.41, 5.74) is 3.04. The first-order valence-corrected chi connectivity index (χ1v) is 5.49. The van der Waals surface area contributed by atoms with Crippen molar-refractivity contribution < 1.29 is 5.11 Å². The molecule has 1 heterocycles. The Hall–Kier alpha value is -2.29. The highest BCUT2D eigenvalue weighted by Crippen LogP contribution is 2.22. The highest BCUT2D eigenvalue weighted by molar-refractivity contribution is 5.83. The molecule has 3 nitrogen and oxygen atoms in total. The van der Waals surface area contributed by atoms with Gasteiger partial charge in [-0.25, -0.2) is 4.68 Å². The van der Waals surface area contributed by atoms with E-state index in [-0.39, 0.29) is 5.75 Å². The van der Waals surface area contributed by atoms with Gasteiger partial charge in [-0.2, -0.15) is 5.10 Å². The third-order valence-electron chi connectivity index (χ3n) is 2.87. The minimum atomic E-state index is 0.266. The fourth-order valence-electron chi connectivity index (χ4n) is 2.01. The normalized spacial score (nSPS) is 10.9. The van der Waals surface area contributed by atoms with Crippen LogP contribution in [0.25, 0.3) is 16.6 Å². The van der Waals surface area contributed by atoms with Crippen LogP contribution in [0.5, 0.6) is 5.75 Å². The number of phenolic OH excluding ortho intramolecular Hbond substituents is 1. The molecular formula is C14H12N2O. The van der Waals surface area contributed by atoms with Crippen molar-refractivity contribution in [3.63, 3.8) is 0 Å². The van der Waals surface area contributed by atoms with Crippen molar-refractivity contribution in [2.75, 3.05) is 0 Å². The Labute approximate surface area is 98.9 Å². The summed E-state index contributed by atoms with van der Waals surface area (Å²) < 4.78 is 1.89. The minimum absolute atomic E-state index is 0.266. The second kappa shape index (κ2) is 3.63. The van der Waals surface area contributed by atoms with Gasteiger partial charge in [0.15, 0.2) is 0 Å². The van der Waals surface area contributed by atoms with Crippen molar-refractivity contribution in [1.82, 2.24) is 9.78 Å². The number of phenols is 1. The van der Waals surface area contributed by atoms with E-state index in [1.54, 1.807) is 12.1 Å². The Morgan fingerprint density at radius 3 is 2.47 bits per heavy atom. The number of rotatable bonds is 1. The lowest BCUT2D eigenvalue weighted by Gasteiger charge is -2.03. The van der Waals surface area contributed by atoms with E-state index in [0.29, 0.717) is 0 Å². The summed E-state index contributed by atoms with van der Waals surface area (Å²) in [6.45, 7) is 2.00. The third-order valence-corrected chi connectivity index (χ3v) is 2.87. The predicted octanol–water partition coefficient (Wildman–Crippen LogP) is 3.04. The van der Waals surface area contributed by atoms with Crippen LogP contribution in [0.3, 0.4) is 0 Å². The van der Waals surface area contributed by atoms with Gasteiger partial charge in [0.25, 0.3) is 0 Å². The number of nitrogens with zero attached hydrogens (tertiary/aromatic N) is 2. The molecule has 3 aromatic rings. The van der Waals surface area contributed by atoms with E-state index in [9.17, 15) is 5.11 Å². The molecule has 0 fully saturated rings. The summed E-state index contributed by atoms with van der Waals surface area (Å²) in [6.07, 6.45) is 0. The Balaban J connectivity index is 2.27. The molecule has 0 bridgehead atoms. The monoisotopic (exact) mass is 224 g/mol. The molecule has 0 spiro atoms. The molecule has 1 N–H and O–H groups in total. The molecule has 0 amide bonds. The van der Waals surface area contributed by atoms with E-state index in [0.717, 1.165) is 22.3 Å². The second-order valence-electron chi connectivity index (χ2n) is 4.03. The molecular weight excluding hydrogens is 212 g/mol. The maximum Gasteiger partial charge on any atom is 0.115 e.